The lowest BCUT2D eigenvalue weighted by atomic mass is 10.2. The quantitative estimate of drug-likeness (QED) is 0.596. The van der Waals surface area contributed by atoms with Crippen LogP contribution in [0.15, 0.2) is 40.9 Å². The molecule has 2 aromatic carbocycles. The molecule has 0 unspecified atom stereocenters. The van der Waals surface area contributed by atoms with Crippen molar-refractivity contribution in [2.75, 3.05) is 31.5 Å². The number of benzene rings is 2. The normalized spacial score (nSPS) is 15.2. The topological polar surface area (TPSA) is 18.5 Å². The van der Waals surface area contributed by atoms with Crippen LogP contribution in [-0.4, -0.2) is 41.1 Å². The maximum absolute atomic E-state index is 13.2. The molecule has 1 aliphatic rings. The van der Waals surface area contributed by atoms with E-state index in [4.69, 9.17) is 35.4 Å². The predicted octanol–water partition coefficient (Wildman–Crippen LogP) is 5.41. The van der Waals surface area contributed by atoms with Gasteiger partial charge in [0.15, 0.2) is 5.11 Å². The number of rotatable bonds is 3. The van der Waals surface area contributed by atoms with E-state index in [1.54, 1.807) is 6.07 Å². The van der Waals surface area contributed by atoms with Gasteiger partial charge in [-0.25, -0.2) is 4.39 Å². The highest BCUT2D eigenvalue weighted by Crippen LogP contribution is 2.26. The van der Waals surface area contributed by atoms with Crippen molar-refractivity contribution in [1.29, 1.82) is 0 Å². The van der Waals surface area contributed by atoms with Crippen molar-refractivity contribution in [1.82, 2.24) is 9.80 Å². The molecular formula is C18H17BrCl2FN3S. The summed E-state index contributed by atoms with van der Waals surface area (Å²) < 4.78 is 14.1. The van der Waals surface area contributed by atoms with Gasteiger partial charge in [-0.1, -0.05) is 45.2 Å². The maximum Gasteiger partial charge on any atom is 0.173 e. The van der Waals surface area contributed by atoms with Gasteiger partial charge in [0.1, 0.15) is 5.82 Å². The lowest BCUT2D eigenvalue weighted by Crippen LogP contribution is -2.49. The molecule has 0 bridgehead atoms. The molecule has 0 atom stereocenters. The molecule has 3 nitrogen and oxygen atoms in total. The molecule has 0 aromatic heterocycles. The first-order valence-corrected chi connectivity index (χ1v) is 10.1. The third kappa shape index (κ3) is 5.08. The summed E-state index contributed by atoms with van der Waals surface area (Å²) in [6, 6.07) is 10.2. The monoisotopic (exact) mass is 475 g/mol. The molecule has 0 saturated carbocycles. The Kier molecular flexibility index (Phi) is 6.75. The third-order valence-electron chi connectivity index (χ3n) is 4.24. The Hall–Kier alpha value is -0.920. The minimum atomic E-state index is -0.313. The van der Waals surface area contributed by atoms with E-state index in [2.05, 4.69) is 31.0 Å². The fourth-order valence-electron chi connectivity index (χ4n) is 2.79. The van der Waals surface area contributed by atoms with Crippen LogP contribution >= 0.6 is 51.3 Å². The van der Waals surface area contributed by atoms with Crippen molar-refractivity contribution >= 4 is 62.1 Å². The first-order chi connectivity index (χ1) is 12.4. The molecule has 0 spiro atoms. The Bertz CT molecular complexity index is 813. The van der Waals surface area contributed by atoms with Gasteiger partial charge >= 0.3 is 0 Å². The number of nitrogens with one attached hydrogen (secondary N) is 1. The van der Waals surface area contributed by atoms with Crippen molar-refractivity contribution < 1.29 is 4.39 Å². The van der Waals surface area contributed by atoms with Crippen molar-refractivity contribution in [2.24, 2.45) is 0 Å². The number of nitrogens with zero attached hydrogens (tertiary/aromatic N) is 2. The molecule has 138 valence electrons. The van der Waals surface area contributed by atoms with Gasteiger partial charge in [0.05, 0.1) is 10.7 Å². The molecule has 2 aromatic rings. The van der Waals surface area contributed by atoms with E-state index in [-0.39, 0.29) is 5.82 Å². The van der Waals surface area contributed by atoms with Gasteiger partial charge in [-0.05, 0) is 48.1 Å². The summed E-state index contributed by atoms with van der Waals surface area (Å²) in [6.45, 7) is 4.01. The number of thiocarbonyl (C=S) groups is 1. The lowest BCUT2D eigenvalue weighted by Gasteiger charge is -2.36. The van der Waals surface area contributed by atoms with Gasteiger partial charge in [-0.15, -0.1) is 0 Å². The van der Waals surface area contributed by atoms with Gasteiger partial charge in [-0.2, -0.15) is 0 Å². The molecule has 1 saturated heterocycles. The molecule has 0 amide bonds. The summed E-state index contributed by atoms with van der Waals surface area (Å²) in [5.74, 6) is -0.313. The first-order valence-electron chi connectivity index (χ1n) is 8.09. The number of anilines is 1. The van der Waals surface area contributed by atoms with Crippen LogP contribution in [0.3, 0.4) is 0 Å². The Labute approximate surface area is 176 Å². The summed E-state index contributed by atoms with van der Waals surface area (Å²) in [5.41, 5.74) is 1.73. The molecule has 1 fully saturated rings. The van der Waals surface area contributed by atoms with E-state index in [9.17, 15) is 4.39 Å². The zero-order valence-electron chi connectivity index (χ0n) is 13.8. The van der Waals surface area contributed by atoms with Crippen molar-refractivity contribution in [2.45, 2.75) is 6.54 Å². The molecule has 1 heterocycles. The van der Waals surface area contributed by atoms with Crippen LogP contribution in [0.1, 0.15) is 5.56 Å². The van der Waals surface area contributed by atoms with Crippen LogP contribution in [0.4, 0.5) is 10.1 Å². The molecule has 0 aliphatic carbocycles. The van der Waals surface area contributed by atoms with Gasteiger partial charge in [0.2, 0.25) is 0 Å². The van der Waals surface area contributed by atoms with E-state index in [1.165, 1.54) is 12.1 Å². The SMILES string of the molecule is Fc1ccc(CN2CCN(C(=S)Nc3ccc(Br)cc3Cl)CC2)c(Cl)c1. The summed E-state index contributed by atoms with van der Waals surface area (Å²) in [6.07, 6.45) is 0. The standard InChI is InChI=1S/C18H17BrCl2FN3S/c19-13-2-4-17(16(21)9-13)23-18(26)25-7-5-24(6-8-25)11-12-1-3-14(22)10-15(12)20/h1-4,9-10H,5-8,11H2,(H,23,26). The van der Waals surface area contributed by atoms with Crippen LogP contribution in [-0.2, 0) is 6.54 Å². The Morgan fingerprint density at radius 1 is 1.08 bits per heavy atom. The average molecular weight is 477 g/mol. The van der Waals surface area contributed by atoms with Crippen LogP contribution < -0.4 is 5.32 Å². The van der Waals surface area contributed by atoms with Crippen LogP contribution in [0.5, 0.6) is 0 Å². The molecule has 3 rings (SSSR count). The van der Waals surface area contributed by atoms with Crippen LogP contribution in [0.2, 0.25) is 10.0 Å². The zero-order valence-corrected chi connectivity index (χ0v) is 17.7. The first kappa shape index (κ1) is 19.8. The van der Waals surface area contributed by atoms with Crippen molar-refractivity contribution in [3.05, 3.63) is 62.3 Å². The second-order valence-electron chi connectivity index (χ2n) is 6.05. The summed E-state index contributed by atoms with van der Waals surface area (Å²) in [5, 5.41) is 4.96. The van der Waals surface area contributed by atoms with E-state index < -0.39 is 0 Å². The van der Waals surface area contributed by atoms with E-state index in [0.717, 1.165) is 41.9 Å². The largest absolute Gasteiger partial charge is 0.346 e. The van der Waals surface area contributed by atoms with Crippen molar-refractivity contribution in [3.8, 4) is 0 Å². The average Bonchev–Trinajstić information content (AvgIpc) is 2.60. The second-order valence-corrected chi connectivity index (χ2v) is 8.17. The number of piperazine rings is 1. The van der Waals surface area contributed by atoms with Gasteiger partial charge < -0.3 is 10.2 Å². The minimum absolute atomic E-state index is 0.313. The Morgan fingerprint density at radius 2 is 1.81 bits per heavy atom. The third-order valence-corrected chi connectivity index (χ3v) is 5.76. The highest BCUT2D eigenvalue weighted by Gasteiger charge is 2.20. The van der Waals surface area contributed by atoms with Gasteiger partial charge in [0, 0.05) is 42.2 Å². The summed E-state index contributed by atoms with van der Waals surface area (Å²) in [4.78, 5) is 4.40. The fourth-order valence-corrected chi connectivity index (χ4v) is 4.03. The molecule has 8 heteroatoms. The lowest BCUT2D eigenvalue weighted by molar-refractivity contribution is 0.177. The molecule has 26 heavy (non-hydrogen) atoms. The zero-order chi connectivity index (χ0) is 18.7. The molecule has 0 radical (unpaired) electrons. The molecule has 1 aliphatic heterocycles. The second kappa shape index (κ2) is 8.85. The fraction of sp³-hybridized carbons (Fsp3) is 0.278. The van der Waals surface area contributed by atoms with Crippen LogP contribution in [0.25, 0.3) is 0 Å². The van der Waals surface area contributed by atoms with E-state index in [0.29, 0.717) is 21.7 Å². The number of hydrogen-bond acceptors (Lipinski definition) is 2. The van der Waals surface area contributed by atoms with Gasteiger partial charge in [-0.3, -0.25) is 4.90 Å². The Morgan fingerprint density at radius 3 is 2.46 bits per heavy atom. The van der Waals surface area contributed by atoms with E-state index in [1.807, 2.05) is 18.2 Å². The Balaban J connectivity index is 1.53. The van der Waals surface area contributed by atoms with Crippen molar-refractivity contribution in [3.63, 3.8) is 0 Å². The predicted molar refractivity (Wildman–Crippen MR) is 114 cm³/mol. The number of hydrogen-bond donors (Lipinski definition) is 1. The smallest absolute Gasteiger partial charge is 0.173 e. The summed E-state index contributed by atoms with van der Waals surface area (Å²) in [7, 11) is 0. The maximum atomic E-state index is 13.2. The highest BCUT2D eigenvalue weighted by atomic mass is 79.9. The van der Waals surface area contributed by atoms with Crippen LogP contribution in [0, 0.1) is 5.82 Å². The van der Waals surface area contributed by atoms with E-state index >= 15 is 0 Å². The summed E-state index contributed by atoms with van der Waals surface area (Å²) >= 11 is 21.3. The highest BCUT2D eigenvalue weighted by molar-refractivity contribution is 9.10. The number of halogens is 4. The van der Waals surface area contributed by atoms with Gasteiger partial charge in [0.25, 0.3) is 0 Å². The molecular weight excluding hydrogens is 460 g/mol. The minimum Gasteiger partial charge on any atom is -0.346 e. The molecule has 1 N–H and O–H groups in total.